The number of alkyl halides is 2. The average Bonchev–Trinajstić information content (AvgIpc) is 3.06. The third-order valence-corrected chi connectivity index (χ3v) is 4.23. The van der Waals surface area contributed by atoms with Crippen LogP contribution in [0.2, 0.25) is 0 Å². The molecular formula is C20H29F2N5O. The van der Waals surface area contributed by atoms with E-state index in [1.54, 1.807) is 18.3 Å². The number of guanidine groups is 1. The van der Waals surface area contributed by atoms with Crippen LogP contribution in [-0.4, -0.2) is 35.2 Å². The number of imidazole rings is 1. The average molecular weight is 393 g/mol. The molecule has 0 aliphatic rings. The Balaban J connectivity index is 1.87. The lowest BCUT2D eigenvalue weighted by Gasteiger charge is -2.13. The molecule has 0 radical (unpaired) electrons. The van der Waals surface area contributed by atoms with E-state index in [0.29, 0.717) is 18.1 Å². The maximum atomic E-state index is 12.6. The molecule has 0 saturated carbocycles. The van der Waals surface area contributed by atoms with Crippen LogP contribution in [0, 0.1) is 13.8 Å². The van der Waals surface area contributed by atoms with Gasteiger partial charge in [0.05, 0.1) is 6.54 Å². The number of hydrogen-bond donors (Lipinski definition) is 2. The largest absolute Gasteiger partial charge is 0.434 e. The van der Waals surface area contributed by atoms with Gasteiger partial charge >= 0.3 is 6.61 Å². The summed E-state index contributed by atoms with van der Waals surface area (Å²) < 4.78 is 31.9. The predicted octanol–water partition coefficient (Wildman–Crippen LogP) is 3.64. The Hall–Kier alpha value is -2.64. The van der Waals surface area contributed by atoms with Crippen molar-refractivity contribution in [3.63, 3.8) is 0 Å². The number of aryl methyl sites for hydroxylation is 3. The Morgan fingerprint density at radius 3 is 2.75 bits per heavy atom. The highest BCUT2D eigenvalue weighted by molar-refractivity contribution is 5.79. The van der Waals surface area contributed by atoms with Crippen LogP contribution in [0.3, 0.4) is 0 Å². The van der Waals surface area contributed by atoms with Crippen molar-refractivity contribution >= 4 is 5.96 Å². The van der Waals surface area contributed by atoms with Gasteiger partial charge in [-0.1, -0.05) is 17.7 Å². The van der Waals surface area contributed by atoms with Gasteiger partial charge in [-0.3, -0.25) is 0 Å². The van der Waals surface area contributed by atoms with Crippen LogP contribution in [0.5, 0.6) is 5.75 Å². The van der Waals surface area contributed by atoms with Gasteiger partial charge < -0.3 is 19.9 Å². The second-order valence-electron chi connectivity index (χ2n) is 6.49. The summed E-state index contributed by atoms with van der Waals surface area (Å²) in [6.07, 6.45) is 5.79. The van der Waals surface area contributed by atoms with Gasteiger partial charge in [0.1, 0.15) is 11.6 Å². The molecule has 2 rings (SSSR count). The third-order valence-electron chi connectivity index (χ3n) is 4.23. The molecule has 2 aromatic rings. The zero-order valence-corrected chi connectivity index (χ0v) is 16.7. The summed E-state index contributed by atoms with van der Waals surface area (Å²) in [5, 5.41) is 6.46. The molecule has 0 amide bonds. The highest BCUT2D eigenvalue weighted by atomic mass is 19.3. The molecule has 2 N–H and O–H groups in total. The van der Waals surface area contributed by atoms with Crippen LogP contribution in [0.25, 0.3) is 0 Å². The first-order valence-electron chi connectivity index (χ1n) is 9.54. The molecule has 1 aromatic carbocycles. The zero-order chi connectivity index (χ0) is 20.4. The number of nitrogens with one attached hydrogen (secondary N) is 2. The lowest BCUT2D eigenvalue weighted by Crippen LogP contribution is -2.37. The van der Waals surface area contributed by atoms with Crippen molar-refractivity contribution in [3.05, 3.63) is 47.5 Å². The Morgan fingerprint density at radius 1 is 1.25 bits per heavy atom. The van der Waals surface area contributed by atoms with E-state index in [1.165, 1.54) is 0 Å². The lowest BCUT2D eigenvalue weighted by atomic mass is 10.1. The second kappa shape index (κ2) is 11.3. The molecule has 0 bridgehead atoms. The van der Waals surface area contributed by atoms with Gasteiger partial charge in [0.25, 0.3) is 0 Å². The van der Waals surface area contributed by atoms with E-state index < -0.39 is 6.61 Å². The van der Waals surface area contributed by atoms with Crippen LogP contribution < -0.4 is 15.4 Å². The molecule has 154 valence electrons. The minimum atomic E-state index is -2.85. The molecule has 0 spiro atoms. The highest BCUT2D eigenvalue weighted by Crippen LogP contribution is 2.22. The van der Waals surface area contributed by atoms with Gasteiger partial charge in [0.2, 0.25) is 0 Å². The lowest BCUT2D eigenvalue weighted by molar-refractivity contribution is -0.0504. The van der Waals surface area contributed by atoms with Gasteiger partial charge in [-0.25, -0.2) is 9.98 Å². The van der Waals surface area contributed by atoms with E-state index in [2.05, 4.69) is 29.9 Å². The van der Waals surface area contributed by atoms with E-state index in [4.69, 9.17) is 0 Å². The maximum Gasteiger partial charge on any atom is 0.387 e. The number of aliphatic imine (C=N–C) groups is 1. The molecule has 0 fully saturated rings. The van der Waals surface area contributed by atoms with Gasteiger partial charge in [-0.05, 0) is 39.7 Å². The molecule has 0 atom stereocenters. The van der Waals surface area contributed by atoms with Crippen LogP contribution in [0.4, 0.5) is 8.78 Å². The van der Waals surface area contributed by atoms with E-state index in [9.17, 15) is 8.78 Å². The molecular weight excluding hydrogens is 364 g/mol. The standard InChI is InChI=1S/C20H29F2N5O/c1-4-23-20(25-9-5-6-11-27-12-10-24-16(27)3)26-14-17-13-15(2)7-8-18(17)28-19(21)22/h7-8,10,12-13,19H,4-6,9,11,14H2,1-3H3,(H2,23,25,26). The summed E-state index contributed by atoms with van der Waals surface area (Å²) in [6, 6.07) is 5.12. The molecule has 1 aromatic heterocycles. The number of nitrogens with zero attached hydrogens (tertiary/aromatic N) is 3. The minimum absolute atomic E-state index is 0.163. The number of benzene rings is 1. The Kier molecular flexibility index (Phi) is 8.71. The van der Waals surface area contributed by atoms with Crippen molar-refractivity contribution < 1.29 is 13.5 Å². The number of halogens is 2. The first kappa shape index (κ1) is 21.7. The monoisotopic (exact) mass is 393 g/mol. The summed E-state index contributed by atoms with van der Waals surface area (Å²) in [5.41, 5.74) is 1.60. The Labute approximate surface area is 165 Å². The van der Waals surface area contributed by atoms with Gasteiger partial charge in [-0.2, -0.15) is 8.78 Å². The predicted molar refractivity (Wildman–Crippen MR) is 107 cm³/mol. The van der Waals surface area contributed by atoms with E-state index in [-0.39, 0.29) is 12.3 Å². The number of unbranched alkanes of at least 4 members (excludes halogenated alkanes) is 1. The fraction of sp³-hybridized carbons (Fsp3) is 0.500. The molecule has 1 heterocycles. The van der Waals surface area contributed by atoms with Crippen molar-refractivity contribution in [1.82, 2.24) is 20.2 Å². The van der Waals surface area contributed by atoms with Crippen molar-refractivity contribution in [3.8, 4) is 5.75 Å². The van der Waals surface area contributed by atoms with E-state index in [1.807, 2.05) is 33.0 Å². The van der Waals surface area contributed by atoms with Crippen molar-refractivity contribution in [2.45, 2.75) is 53.3 Å². The fourth-order valence-corrected chi connectivity index (χ4v) is 2.80. The number of rotatable bonds is 10. The summed E-state index contributed by atoms with van der Waals surface area (Å²) in [6.45, 7) is 5.71. The third kappa shape index (κ3) is 7.17. The normalized spacial score (nSPS) is 11.7. The first-order chi connectivity index (χ1) is 13.5. The second-order valence-corrected chi connectivity index (χ2v) is 6.49. The van der Waals surface area contributed by atoms with Gasteiger partial charge in [0.15, 0.2) is 5.96 Å². The van der Waals surface area contributed by atoms with Crippen LogP contribution in [0.15, 0.2) is 35.6 Å². The van der Waals surface area contributed by atoms with Gasteiger partial charge in [0, 0.05) is 37.6 Å². The molecule has 0 saturated heterocycles. The molecule has 0 aliphatic carbocycles. The molecule has 8 heteroatoms. The topological polar surface area (TPSA) is 63.5 Å². The molecule has 0 aliphatic heterocycles. The molecule has 6 nitrogen and oxygen atoms in total. The van der Waals surface area contributed by atoms with Crippen molar-refractivity contribution in [2.24, 2.45) is 4.99 Å². The fourth-order valence-electron chi connectivity index (χ4n) is 2.80. The number of ether oxygens (including phenoxy) is 1. The summed E-state index contributed by atoms with van der Waals surface area (Å²) >= 11 is 0. The SMILES string of the molecule is CCNC(=NCc1cc(C)ccc1OC(F)F)NCCCCn1ccnc1C. The van der Waals surface area contributed by atoms with Crippen molar-refractivity contribution in [2.75, 3.05) is 13.1 Å². The first-order valence-corrected chi connectivity index (χ1v) is 9.54. The highest BCUT2D eigenvalue weighted by Gasteiger charge is 2.10. The Morgan fingerprint density at radius 2 is 2.07 bits per heavy atom. The summed E-state index contributed by atoms with van der Waals surface area (Å²) in [7, 11) is 0. The summed E-state index contributed by atoms with van der Waals surface area (Å²) in [5.74, 6) is 1.84. The maximum absolute atomic E-state index is 12.6. The number of aromatic nitrogens is 2. The van der Waals surface area contributed by atoms with Crippen LogP contribution in [-0.2, 0) is 13.1 Å². The van der Waals surface area contributed by atoms with E-state index in [0.717, 1.165) is 37.3 Å². The molecule has 0 unspecified atom stereocenters. The zero-order valence-electron chi connectivity index (χ0n) is 16.7. The summed E-state index contributed by atoms with van der Waals surface area (Å²) in [4.78, 5) is 8.72. The van der Waals surface area contributed by atoms with Crippen LogP contribution >= 0.6 is 0 Å². The number of hydrogen-bond acceptors (Lipinski definition) is 3. The van der Waals surface area contributed by atoms with E-state index >= 15 is 0 Å². The minimum Gasteiger partial charge on any atom is -0.434 e. The van der Waals surface area contributed by atoms with Crippen molar-refractivity contribution in [1.29, 1.82) is 0 Å². The Bertz CT molecular complexity index is 761. The van der Waals surface area contributed by atoms with Crippen LogP contribution in [0.1, 0.15) is 36.7 Å². The smallest absolute Gasteiger partial charge is 0.387 e. The quantitative estimate of drug-likeness (QED) is 0.368. The van der Waals surface area contributed by atoms with Gasteiger partial charge in [-0.15, -0.1) is 0 Å². The molecule has 28 heavy (non-hydrogen) atoms.